The first kappa shape index (κ1) is 18.1. The molecular formula is C21H26N2O3. The lowest BCUT2D eigenvalue weighted by Gasteiger charge is -2.37. The van der Waals surface area contributed by atoms with Crippen LogP contribution in [0.25, 0.3) is 0 Å². The fourth-order valence-electron chi connectivity index (χ4n) is 3.34. The van der Waals surface area contributed by atoms with Crippen molar-refractivity contribution in [1.29, 1.82) is 0 Å². The number of phenolic OH excluding ortho intramolecular Hbond substituents is 1. The molecule has 1 heterocycles. The summed E-state index contributed by atoms with van der Waals surface area (Å²) in [5.74, 6) is 0.614. The molecule has 0 spiro atoms. The lowest BCUT2D eigenvalue weighted by atomic mass is 10.1. The molecule has 5 nitrogen and oxygen atoms in total. The van der Waals surface area contributed by atoms with Gasteiger partial charge in [-0.05, 0) is 37.6 Å². The third-order valence-corrected chi connectivity index (χ3v) is 4.76. The molecule has 1 fully saturated rings. The average Bonchev–Trinajstić information content (AvgIpc) is 2.63. The highest BCUT2D eigenvalue weighted by molar-refractivity contribution is 5.76. The van der Waals surface area contributed by atoms with Crippen LogP contribution in [0.2, 0.25) is 0 Å². The van der Waals surface area contributed by atoms with Gasteiger partial charge < -0.3 is 19.6 Å². The molecule has 2 aromatic rings. The predicted octanol–water partition coefficient (Wildman–Crippen LogP) is 3.13. The SMILES string of the molecule is Cc1ccc(N2CCN(C(=O)CCOc3ccccc3O)CC2)c(C)c1. The summed E-state index contributed by atoms with van der Waals surface area (Å²) in [6.07, 6.45) is 0.317. The van der Waals surface area contributed by atoms with Gasteiger partial charge in [0.1, 0.15) is 0 Å². The number of carbonyl (C=O) groups excluding carboxylic acids is 1. The topological polar surface area (TPSA) is 53.0 Å². The van der Waals surface area contributed by atoms with Gasteiger partial charge in [0.05, 0.1) is 13.0 Å². The van der Waals surface area contributed by atoms with Crippen LogP contribution in [-0.4, -0.2) is 48.7 Å². The number of anilines is 1. The van der Waals surface area contributed by atoms with E-state index in [0.717, 1.165) is 26.2 Å². The lowest BCUT2D eigenvalue weighted by Crippen LogP contribution is -2.49. The Balaban J connectivity index is 1.47. The largest absolute Gasteiger partial charge is 0.504 e. The molecular weight excluding hydrogens is 328 g/mol. The highest BCUT2D eigenvalue weighted by Gasteiger charge is 2.22. The first-order valence-electron chi connectivity index (χ1n) is 9.05. The van der Waals surface area contributed by atoms with Crippen LogP contribution in [0.15, 0.2) is 42.5 Å². The summed E-state index contributed by atoms with van der Waals surface area (Å²) in [6, 6.07) is 13.3. The molecule has 0 aromatic heterocycles. The van der Waals surface area contributed by atoms with Gasteiger partial charge in [-0.15, -0.1) is 0 Å². The van der Waals surface area contributed by atoms with E-state index in [1.807, 2.05) is 4.90 Å². The number of amides is 1. The van der Waals surface area contributed by atoms with Crippen molar-refractivity contribution in [2.45, 2.75) is 20.3 Å². The Hall–Kier alpha value is -2.69. The maximum atomic E-state index is 12.4. The van der Waals surface area contributed by atoms with E-state index in [1.54, 1.807) is 24.3 Å². The molecule has 0 atom stereocenters. The van der Waals surface area contributed by atoms with Crippen molar-refractivity contribution in [3.8, 4) is 11.5 Å². The van der Waals surface area contributed by atoms with Gasteiger partial charge >= 0.3 is 0 Å². The zero-order valence-corrected chi connectivity index (χ0v) is 15.4. The highest BCUT2D eigenvalue weighted by Crippen LogP contribution is 2.25. The second kappa shape index (κ2) is 8.13. The number of phenols is 1. The first-order valence-corrected chi connectivity index (χ1v) is 9.05. The van der Waals surface area contributed by atoms with Crippen molar-refractivity contribution in [3.05, 3.63) is 53.6 Å². The van der Waals surface area contributed by atoms with Crippen molar-refractivity contribution in [3.63, 3.8) is 0 Å². The number of hydrogen-bond donors (Lipinski definition) is 1. The molecule has 138 valence electrons. The predicted molar refractivity (Wildman–Crippen MR) is 103 cm³/mol. The number of carbonyl (C=O) groups is 1. The Morgan fingerprint density at radius 1 is 1.08 bits per heavy atom. The second-order valence-electron chi connectivity index (χ2n) is 6.72. The number of rotatable bonds is 5. The van der Waals surface area contributed by atoms with Crippen LogP contribution in [0.1, 0.15) is 17.5 Å². The summed E-state index contributed by atoms with van der Waals surface area (Å²) in [4.78, 5) is 16.6. The smallest absolute Gasteiger partial charge is 0.226 e. The molecule has 3 rings (SSSR count). The molecule has 1 aliphatic heterocycles. The summed E-state index contributed by atoms with van der Waals surface area (Å²) >= 11 is 0. The fraction of sp³-hybridized carbons (Fsp3) is 0.381. The first-order chi connectivity index (χ1) is 12.5. The number of para-hydroxylation sites is 2. The van der Waals surface area contributed by atoms with E-state index in [9.17, 15) is 9.90 Å². The van der Waals surface area contributed by atoms with Crippen LogP contribution in [0.5, 0.6) is 11.5 Å². The summed E-state index contributed by atoms with van der Waals surface area (Å²) < 4.78 is 5.51. The minimum Gasteiger partial charge on any atom is -0.504 e. The fourth-order valence-corrected chi connectivity index (χ4v) is 3.34. The van der Waals surface area contributed by atoms with Crippen LogP contribution >= 0.6 is 0 Å². The van der Waals surface area contributed by atoms with Crippen LogP contribution < -0.4 is 9.64 Å². The normalized spacial score (nSPS) is 14.4. The van der Waals surface area contributed by atoms with Crippen LogP contribution in [0.3, 0.4) is 0 Å². The quantitative estimate of drug-likeness (QED) is 0.896. The number of ether oxygens (including phenoxy) is 1. The van der Waals surface area contributed by atoms with E-state index < -0.39 is 0 Å². The Bertz CT molecular complexity index is 768. The molecule has 2 aromatic carbocycles. The second-order valence-corrected chi connectivity index (χ2v) is 6.72. The lowest BCUT2D eigenvalue weighted by molar-refractivity contribution is -0.132. The maximum Gasteiger partial charge on any atom is 0.226 e. The van der Waals surface area contributed by atoms with Crippen LogP contribution in [0, 0.1) is 13.8 Å². The van der Waals surface area contributed by atoms with Gasteiger partial charge in [-0.3, -0.25) is 4.79 Å². The zero-order valence-electron chi connectivity index (χ0n) is 15.4. The van der Waals surface area contributed by atoms with Gasteiger partial charge in [-0.2, -0.15) is 0 Å². The molecule has 1 N–H and O–H groups in total. The molecule has 1 aliphatic rings. The van der Waals surface area contributed by atoms with E-state index in [-0.39, 0.29) is 18.3 Å². The van der Waals surface area contributed by atoms with E-state index in [1.165, 1.54) is 16.8 Å². The van der Waals surface area contributed by atoms with Crippen molar-refractivity contribution >= 4 is 11.6 Å². The Labute approximate surface area is 154 Å². The number of benzene rings is 2. The number of aromatic hydroxyl groups is 1. The molecule has 0 unspecified atom stereocenters. The maximum absolute atomic E-state index is 12.4. The van der Waals surface area contributed by atoms with Crippen LogP contribution in [0.4, 0.5) is 5.69 Å². The van der Waals surface area contributed by atoms with Gasteiger partial charge in [0.25, 0.3) is 0 Å². The van der Waals surface area contributed by atoms with Gasteiger partial charge in [0.15, 0.2) is 11.5 Å². The number of nitrogens with zero attached hydrogens (tertiary/aromatic N) is 2. The number of aryl methyl sites for hydroxylation is 2. The van der Waals surface area contributed by atoms with Crippen LogP contribution in [-0.2, 0) is 4.79 Å². The van der Waals surface area contributed by atoms with Gasteiger partial charge in [-0.1, -0.05) is 29.8 Å². The summed E-state index contributed by atoms with van der Waals surface area (Å²) in [7, 11) is 0. The molecule has 0 bridgehead atoms. The van der Waals surface area contributed by atoms with Crippen molar-refractivity contribution in [1.82, 2.24) is 4.90 Å². The molecule has 0 aliphatic carbocycles. The standard InChI is InChI=1S/C21H26N2O3/c1-16-7-8-18(17(2)15-16)22-10-12-23(13-11-22)21(25)9-14-26-20-6-4-3-5-19(20)24/h3-8,15,24H,9-14H2,1-2H3. The number of piperazine rings is 1. The van der Waals surface area contributed by atoms with E-state index in [2.05, 4.69) is 36.9 Å². The van der Waals surface area contributed by atoms with Gasteiger partial charge in [-0.25, -0.2) is 0 Å². The third-order valence-electron chi connectivity index (χ3n) is 4.76. The Morgan fingerprint density at radius 2 is 1.81 bits per heavy atom. The minimum atomic E-state index is 0.0979. The third kappa shape index (κ3) is 4.28. The minimum absolute atomic E-state index is 0.0979. The summed E-state index contributed by atoms with van der Waals surface area (Å²) in [5, 5.41) is 9.68. The van der Waals surface area contributed by atoms with Crippen molar-refractivity contribution < 1.29 is 14.6 Å². The molecule has 1 saturated heterocycles. The molecule has 1 amide bonds. The average molecular weight is 354 g/mol. The summed E-state index contributed by atoms with van der Waals surface area (Å²) in [6.45, 7) is 7.64. The zero-order chi connectivity index (χ0) is 18.5. The Morgan fingerprint density at radius 3 is 2.50 bits per heavy atom. The molecule has 5 heteroatoms. The van der Waals surface area contributed by atoms with E-state index >= 15 is 0 Å². The number of hydrogen-bond acceptors (Lipinski definition) is 4. The van der Waals surface area contributed by atoms with Gasteiger partial charge in [0.2, 0.25) is 5.91 Å². The van der Waals surface area contributed by atoms with Crippen molar-refractivity contribution in [2.75, 3.05) is 37.7 Å². The van der Waals surface area contributed by atoms with E-state index in [4.69, 9.17) is 4.74 Å². The monoisotopic (exact) mass is 354 g/mol. The summed E-state index contributed by atoms with van der Waals surface area (Å²) in [5.41, 5.74) is 3.80. The molecule has 26 heavy (non-hydrogen) atoms. The van der Waals surface area contributed by atoms with Crippen molar-refractivity contribution in [2.24, 2.45) is 0 Å². The molecule has 0 saturated carbocycles. The van der Waals surface area contributed by atoms with E-state index in [0.29, 0.717) is 12.2 Å². The Kier molecular flexibility index (Phi) is 5.66. The molecule has 0 radical (unpaired) electrons. The highest BCUT2D eigenvalue weighted by atomic mass is 16.5. The van der Waals surface area contributed by atoms with Gasteiger partial charge in [0, 0.05) is 31.9 Å².